The number of nitrogens with zero attached hydrogens (tertiary/aromatic N) is 2. The first-order chi connectivity index (χ1) is 8.39. The van der Waals surface area contributed by atoms with Crippen LogP contribution in [0, 0.1) is 0 Å². The van der Waals surface area contributed by atoms with Gasteiger partial charge in [0.25, 0.3) is 0 Å². The van der Waals surface area contributed by atoms with E-state index in [1.807, 2.05) is 13.8 Å². The molecule has 1 saturated heterocycles. The molecule has 2 rings (SSSR count). The van der Waals surface area contributed by atoms with Gasteiger partial charge >= 0.3 is 0 Å². The molecule has 1 N–H and O–H groups in total. The second kappa shape index (κ2) is 6.49. The first-order valence-electron chi connectivity index (χ1n) is 5.76. The van der Waals surface area contributed by atoms with Gasteiger partial charge in [0, 0.05) is 42.0 Å². The minimum atomic E-state index is -3.45. The van der Waals surface area contributed by atoms with E-state index in [4.69, 9.17) is 0 Å². The average Bonchev–Trinajstić information content (AvgIpc) is 2.27. The number of halogens is 2. The Bertz CT molecular complexity index is 530. The molecule has 1 aliphatic rings. The summed E-state index contributed by atoms with van der Waals surface area (Å²) in [5.41, 5.74) is 0. The van der Waals surface area contributed by atoms with Gasteiger partial charge in [0.2, 0.25) is 10.0 Å². The molecule has 2 unspecified atom stereocenters. The van der Waals surface area contributed by atoms with E-state index in [0.717, 1.165) is 0 Å². The van der Waals surface area contributed by atoms with E-state index in [0.29, 0.717) is 17.6 Å². The molecular formula is C11H17BrClN3O2S. The highest BCUT2D eigenvalue weighted by atomic mass is 79.9. The van der Waals surface area contributed by atoms with Crippen molar-refractivity contribution in [3.05, 3.63) is 22.9 Å². The Kier molecular flexibility index (Phi) is 5.76. The topological polar surface area (TPSA) is 62.3 Å². The Hall–Kier alpha value is -0.210. The third kappa shape index (κ3) is 3.88. The maximum atomic E-state index is 12.5. The number of hydrogen-bond acceptors (Lipinski definition) is 4. The highest BCUT2D eigenvalue weighted by Crippen LogP contribution is 2.20. The van der Waals surface area contributed by atoms with Crippen LogP contribution in [0.15, 0.2) is 27.8 Å². The van der Waals surface area contributed by atoms with E-state index in [1.165, 1.54) is 10.5 Å². The molecule has 0 saturated carbocycles. The first kappa shape index (κ1) is 16.8. The molecular weight excluding hydrogens is 354 g/mol. The molecule has 108 valence electrons. The molecule has 19 heavy (non-hydrogen) atoms. The van der Waals surface area contributed by atoms with Gasteiger partial charge < -0.3 is 5.32 Å². The normalized spacial score (nSPS) is 24.8. The van der Waals surface area contributed by atoms with E-state index in [2.05, 4.69) is 26.2 Å². The highest BCUT2D eigenvalue weighted by molar-refractivity contribution is 9.10. The predicted octanol–water partition coefficient (Wildman–Crippen LogP) is 1.64. The van der Waals surface area contributed by atoms with Gasteiger partial charge in [-0.1, -0.05) is 0 Å². The summed E-state index contributed by atoms with van der Waals surface area (Å²) in [4.78, 5) is 4.15. The Balaban J connectivity index is 0.00000180. The zero-order chi connectivity index (χ0) is 13.3. The molecule has 1 aliphatic heterocycles. The molecule has 0 aliphatic carbocycles. The third-order valence-electron chi connectivity index (χ3n) is 2.84. The van der Waals surface area contributed by atoms with Gasteiger partial charge in [-0.3, -0.25) is 4.98 Å². The Morgan fingerprint density at radius 2 is 1.89 bits per heavy atom. The first-order valence-corrected chi connectivity index (χ1v) is 7.99. The SMILES string of the molecule is CC1CN(S(=O)(=O)c2cncc(Br)c2)CC(C)N1.Cl. The lowest BCUT2D eigenvalue weighted by atomic mass is 10.2. The van der Waals surface area contributed by atoms with Crippen molar-refractivity contribution in [3.8, 4) is 0 Å². The van der Waals surface area contributed by atoms with Gasteiger partial charge in [-0.2, -0.15) is 4.31 Å². The van der Waals surface area contributed by atoms with Crippen molar-refractivity contribution in [1.82, 2.24) is 14.6 Å². The van der Waals surface area contributed by atoms with E-state index in [9.17, 15) is 8.42 Å². The zero-order valence-electron chi connectivity index (χ0n) is 10.7. The molecule has 2 atom stereocenters. The number of piperazine rings is 1. The molecule has 2 heterocycles. The van der Waals surface area contributed by atoms with Crippen molar-refractivity contribution >= 4 is 38.4 Å². The van der Waals surface area contributed by atoms with Crippen molar-refractivity contribution in [2.24, 2.45) is 0 Å². The Morgan fingerprint density at radius 3 is 2.42 bits per heavy atom. The van der Waals surface area contributed by atoms with Crippen LogP contribution in [0.1, 0.15) is 13.8 Å². The monoisotopic (exact) mass is 369 g/mol. The van der Waals surface area contributed by atoms with Gasteiger partial charge in [-0.15, -0.1) is 12.4 Å². The van der Waals surface area contributed by atoms with Gasteiger partial charge in [0.1, 0.15) is 4.90 Å². The highest BCUT2D eigenvalue weighted by Gasteiger charge is 2.31. The molecule has 0 spiro atoms. The number of sulfonamides is 1. The summed E-state index contributed by atoms with van der Waals surface area (Å²) < 4.78 is 27.1. The van der Waals surface area contributed by atoms with Crippen LogP contribution in [-0.2, 0) is 10.0 Å². The second-order valence-electron chi connectivity index (χ2n) is 4.63. The fourth-order valence-corrected chi connectivity index (χ4v) is 4.28. The molecule has 0 aromatic carbocycles. The van der Waals surface area contributed by atoms with Crippen molar-refractivity contribution in [3.63, 3.8) is 0 Å². The van der Waals surface area contributed by atoms with E-state index < -0.39 is 10.0 Å². The lowest BCUT2D eigenvalue weighted by Gasteiger charge is -2.35. The lowest BCUT2D eigenvalue weighted by Crippen LogP contribution is -2.55. The summed E-state index contributed by atoms with van der Waals surface area (Å²) in [6, 6.07) is 1.90. The molecule has 1 aromatic rings. The summed E-state index contributed by atoms with van der Waals surface area (Å²) in [5, 5.41) is 3.31. The van der Waals surface area contributed by atoms with Crippen LogP contribution in [-0.4, -0.2) is 42.9 Å². The van der Waals surface area contributed by atoms with Crippen molar-refractivity contribution < 1.29 is 8.42 Å². The number of rotatable bonds is 2. The smallest absolute Gasteiger partial charge is 0.244 e. The van der Waals surface area contributed by atoms with Gasteiger partial charge in [0.05, 0.1) is 0 Å². The molecule has 8 heteroatoms. The predicted molar refractivity (Wildman–Crippen MR) is 80.0 cm³/mol. The number of aromatic nitrogens is 1. The molecule has 1 fully saturated rings. The van der Waals surface area contributed by atoms with Crippen molar-refractivity contribution in [2.75, 3.05) is 13.1 Å². The minimum absolute atomic E-state index is 0. The average molecular weight is 371 g/mol. The van der Waals surface area contributed by atoms with Crippen LogP contribution in [0.2, 0.25) is 0 Å². The number of nitrogens with one attached hydrogen (secondary N) is 1. The van der Waals surface area contributed by atoms with Gasteiger partial charge in [-0.05, 0) is 35.8 Å². The van der Waals surface area contributed by atoms with Gasteiger partial charge in [-0.25, -0.2) is 8.42 Å². The quantitative estimate of drug-likeness (QED) is 0.859. The fourth-order valence-electron chi connectivity index (χ4n) is 2.16. The largest absolute Gasteiger partial charge is 0.309 e. The molecule has 0 radical (unpaired) electrons. The molecule has 1 aromatic heterocycles. The van der Waals surface area contributed by atoms with Crippen LogP contribution in [0.5, 0.6) is 0 Å². The standard InChI is InChI=1S/C11H16BrN3O2S.ClH/c1-8-6-15(7-9(2)14-8)18(16,17)11-3-10(12)4-13-5-11;/h3-5,8-9,14H,6-7H2,1-2H3;1H. The summed E-state index contributed by atoms with van der Waals surface area (Å²) >= 11 is 3.24. The number of hydrogen-bond donors (Lipinski definition) is 1. The van der Waals surface area contributed by atoms with Crippen LogP contribution < -0.4 is 5.32 Å². The molecule has 0 bridgehead atoms. The van der Waals surface area contributed by atoms with Gasteiger partial charge in [0.15, 0.2) is 0 Å². The minimum Gasteiger partial charge on any atom is -0.309 e. The molecule has 5 nitrogen and oxygen atoms in total. The maximum Gasteiger partial charge on any atom is 0.244 e. The maximum absolute atomic E-state index is 12.5. The summed E-state index contributed by atoms with van der Waals surface area (Å²) in [7, 11) is -3.45. The van der Waals surface area contributed by atoms with Crippen LogP contribution in [0.3, 0.4) is 0 Å². The summed E-state index contributed by atoms with van der Waals surface area (Å²) in [6.45, 7) is 4.94. The van der Waals surface area contributed by atoms with Crippen LogP contribution in [0.25, 0.3) is 0 Å². The van der Waals surface area contributed by atoms with Crippen molar-refractivity contribution in [2.45, 2.75) is 30.8 Å². The zero-order valence-corrected chi connectivity index (χ0v) is 13.9. The summed E-state index contributed by atoms with van der Waals surface area (Å²) in [5.74, 6) is 0. The summed E-state index contributed by atoms with van der Waals surface area (Å²) in [6.07, 6.45) is 2.96. The Labute approximate surface area is 128 Å². The number of pyridine rings is 1. The lowest BCUT2D eigenvalue weighted by molar-refractivity contribution is 0.263. The van der Waals surface area contributed by atoms with Crippen molar-refractivity contribution in [1.29, 1.82) is 0 Å². The third-order valence-corrected chi connectivity index (χ3v) is 5.07. The van der Waals surface area contributed by atoms with E-state index in [1.54, 1.807) is 12.3 Å². The molecule has 0 amide bonds. The Morgan fingerprint density at radius 1 is 1.32 bits per heavy atom. The van der Waals surface area contributed by atoms with E-state index in [-0.39, 0.29) is 29.4 Å². The second-order valence-corrected chi connectivity index (χ2v) is 7.48. The van der Waals surface area contributed by atoms with Crippen LogP contribution in [0.4, 0.5) is 0 Å². The fraction of sp³-hybridized carbons (Fsp3) is 0.545. The van der Waals surface area contributed by atoms with E-state index >= 15 is 0 Å². The van der Waals surface area contributed by atoms with Crippen LogP contribution >= 0.6 is 28.3 Å².